The van der Waals surface area contributed by atoms with Crippen molar-refractivity contribution in [1.82, 2.24) is 5.32 Å². The highest BCUT2D eigenvalue weighted by Gasteiger charge is 2.12. The number of benzene rings is 1. The molecule has 4 heteroatoms. The van der Waals surface area contributed by atoms with Gasteiger partial charge < -0.3 is 10.6 Å². The fourth-order valence-corrected chi connectivity index (χ4v) is 3.11. The molecule has 1 aliphatic rings. The second-order valence-electron chi connectivity index (χ2n) is 4.66. The molecule has 0 radical (unpaired) electrons. The van der Waals surface area contributed by atoms with Gasteiger partial charge in [0.2, 0.25) is 5.91 Å². The molecule has 0 spiro atoms. The van der Waals surface area contributed by atoms with E-state index >= 15 is 0 Å². The van der Waals surface area contributed by atoms with Crippen LogP contribution in [0.5, 0.6) is 0 Å². The van der Waals surface area contributed by atoms with Crippen LogP contribution in [0.25, 0.3) is 0 Å². The van der Waals surface area contributed by atoms with Crippen molar-refractivity contribution in [1.29, 1.82) is 0 Å². The lowest BCUT2D eigenvalue weighted by atomic mass is 10.1. The number of hydrogen-bond donors (Lipinski definition) is 2. The predicted octanol–water partition coefficient (Wildman–Crippen LogP) is 2.88. The van der Waals surface area contributed by atoms with Gasteiger partial charge >= 0.3 is 0 Å². The Balaban J connectivity index is 1.80. The summed E-state index contributed by atoms with van der Waals surface area (Å²) in [6, 6.07) is 8.70. The fourth-order valence-electron chi connectivity index (χ4n) is 2.10. The predicted molar refractivity (Wildman–Crippen MR) is 77.1 cm³/mol. The minimum absolute atomic E-state index is 0.0261. The zero-order valence-corrected chi connectivity index (χ0v) is 11.6. The summed E-state index contributed by atoms with van der Waals surface area (Å²) in [5, 5.41) is 6.33. The summed E-state index contributed by atoms with van der Waals surface area (Å²) in [5.41, 5.74) is 0.864. The van der Waals surface area contributed by atoms with Crippen molar-refractivity contribution in [3.8, 4) is 0 Å². The first-order chi connectivity index (χ1) is 8.74. The van der Waals surface area contributed by atoms with E-state index in [1.807, 2.05) is 23.9 Å². The van der Waals surface area contributed by atoms with Crippen LogP contribution in [0.3, 0.4) is 0 Å². The van der Waals surface area contributed by atoms with Gasteiger partial charge in [0.25, 0.3) is 0 Å². The van der Waals surface area contributed by atoms with Gasteiger partial charge in [-0.15, -0.1) is 11.8 Å². The Kier molecular flexibility index (Phi) is 5.08. The normalized spacial score (nSPS) is 19.5. The van der Waals surface area contributed by atoms with Crippen LogP contribution >= 0.6 is 11.8 Å². The first kappa shape index (κ1) is 13.4. The molecule has 1 atom stereocenters. The summed E-state index contributed by atoms with van der Waals surface area (Å²) < 4.78 is 0. The van der Waals surface area contributed by atoms with Crippen molar-refractivity contribution in [2.24, 2.45) is 0 Å². The average Bonchev–Trinajstić information content (AvgIpc) is 2.38. The number of carbonyl (C=O) groups is 1. The second-order valence-corrected chi connectivity index (χ2v) is 5.76. The monoisotopic (exact) mass is 264 g/mol. The van der Waals surface area contributed by atoms with Crippen LogP contribution in [-0.4, -0.2) is 24.2 Å². The van der Waals surface area contributed by atoms with Crippen LogP contribution in [0.4, 0.5) is 5.69 Å². The van der Waals surface area contributed by atoms with Gasteiger partial charge in [-0.2, -0.15) is 0 Å². The quantitative estimate of drug-likeness (QED) is 0.822. The molecule has 0 aromatic heterocycles. The van der Waals surface area contributed by atoms with Crippen LogP contribution in [-0.2, 0) is 4.79 Å². The maximum Gasteiger partial charge on any atom is 0.221 e. The maximum absolute atomic E-state index is 10.9. The van der Waals surface area contributed by atoms with E-state index in [2.05, 4.69) is 22.8 Å². The zero-order valence-electron chi connectivity index (χ0n) is 10.7. The lowest BCUT2D eigenvalue weighted by Gasteiger charge is -2.22. The van der Waals surface area contributed by atoms with Crippen LogP contribution in [0.2, 0.25) is 0 Å². The Bertz CT molecular complexity index is 385. The van der Waals surface area contributed by atoms with Gasteiger partial charge in [-0.25, -0.2) is 0 Å². The van der Waals surface area contributed by atoms with Gasteiger partial charge in [0.1, 0.15) is 0 Å². The maximum atomic E-state index is 10.9. The molecule has 1 amide bonds. The summed E-state index contributed by atoms with van der Waals surface area (Å²) in [4.78, 5) is 12.2. The molecule has 1 unspecified atom stereocenters. The number of rotatable bonds is 4. The largest absolute Gasteiger partial charge is 0.326 e. The molecule has 1 fully saturated rings. The fraction of sp³-hybridized carbons (Fsp3) is 0.500. The number of anilines is 1. The van der Waals surface area contributed by atoms with Gasteiger partial charge in [0.15, 0.2) is 0 Å². The van der Waals surface area contributed by atoms with E-state index in [9.17, 15) is 4.79 Å². The number of hydrogen-bond acceptors (Lipinski definition) is 3. The van der Waals surface area contributed by atoms with Crippen LogP contribution < -0.4 is 10.6 Å². The van der Waals surface area contributed by atoms with Crippen molar-refractivity contribution in [2.45, 2.75) is 37.1 Å². The van der Waals surface area contributed by atoms with Gasteiger partial charge in [-0.05, 0) is 43.7 Å². The average molecular weight is 264 g/mol. The van der Waals surface area contributed by atoms with E-state index in [1.165, 1.54) is 31.1 Å². The molecule has 2 rings (SSSR count). The summed E-state index contributed by atoms with van der Waals surface area (Å²) in [6.45, 7) is 2.68. The van der Waals surface area contributed by atoms with Gasteiger partial charge in [-0.1, -0.05) is 6.42 Å². The van der Waals surface area contributed by atoms with E-state index < -0.39 is 0 Å². The highest BCUT2D eigenvalue weighted by molar-refractivity contribution is 7.99. The number of amides is 1. The zero-order chi connectivity index (χ0) is 12.8. The smallest absolute Gasteiger partial charge is 0.221 e. The van der Waals surface area contributed by atoms with Crippen LogP contribution in [0, 0.1) is 0 Å². The number of carbonyl (C=O) groups excluding carboxylic acids is 1. The Labute approximate surface area is 113 Å². The van der Waals surface area contributed by atoms with E-state index in [0.717, 1.165) is 18.0 Å². The summed E-state index contributed by atoms with van der Waals surface area (Å²) in [5.74, 6) is 1.10. The molecule has 0 saturated carbocycles. The third-order valence-corrected chi connectivity index (χ3v) is 4.21. The molecule has 18 heavy (non-hydrogen) atoms. The minimum Gasteiger partial charge on any atom is -0.326 e. The molecule has 1 heterocycles. The summed E-state index contributed by atoms with van der Waals surface area (Å²) in [6.07, 6.45) is 3.95. The van der Waals surface area contributed by atoms with Crippen molar-refractivity contribution < 1.29 is 4.79 Å². The molecule has 1 saturated heterocycles. The lowest BCUT2D eigenvalue weighted by molar-refractivity contribution is -0.114. The molecular weight excluding hydrogens is 244 g/mol. The summed E-state index contributed by atoms with van der Waals surface area (Å²) in [7, 11) is 0. The summed E-state index contributed by atoms with van der Waals surface area (Å²) >= 11 is 1.88. The van der Waals surface area contributed by atoms with E-state index in [-0.39, 0.29) is 5.91 Å². The van der Waals surface area contributed by atoms with Crippen molar-refractivity contribution in [3.05, 3.63) is 24.3 Å². The first-order valence-electron chi connectivity index (χ1n) is 6.48. The van der Waals surface area contributed by atoms with Crippen LogP contribution in [0.15, 0.2) is 29.2 Å². The second kappa shape index (κ2) is 6.81. The van der Waals surface area contributed by atoms with Crippen LogP contribution in [0.1, 0.15) is 26.2 Å². The van der Waals surface area contributed by atoms with Gasteiger partial charge in [-0.3, -0.25) is 4.79 Å². The SMILES string of the molecule is CC(=O)Nc1ccc(SCC2CCCCN2)cc1. The molecule has 1 aromatic carbocycles. The first-order valence-corrected chi connectivity index (χ1v) is 7.46. The third kappa shape index (κ3) is 4.35. The van der Waals surface area contributed by atoms with E-state index in [4.69, 9.17) is 0 Å². The minimum atomic E-state index is -0.0261. The lowest BCUT2D eigenvalue weighted by Crippen LogP contribution is -2.35. The Morgan fingerprint density at radius 1 is 1.39 bits per heavy atom. The molecule has 3 nitrogen and oxygen atoms in total. The molecule has 0 aliphatic carbocycles. The topological polar surface area (TPSA) is 41.1 Å². The highest BCUT2D eigenvalue weighted by atomic mass is 32.2. The number of nitrogens with one attached hydrogen (secondary N) is 2. The van der Waals surface area contributed by atoms with Gasteiger partial charge in [0, 0.05) is 29.3 Å². The van der Waals surface area contributed by atoms with Crippen molar-refractivity contribution in [2.75, 3.05) is 17.6 Å². The molecule has 1 aliphatic heterocycles. The third-order valence-electron chi connectivity index (χ3n) is 3.04. The standard InChI is InChI=1S/C14H20N2OS/c1-11(17)16-12-5-7-14(8-6-12)18-10-13-4-2-3-9-15-13/h5-8,13,15H,2-4,9-10H2,1H3,(H,16,17). The molecule has 98 valence electrons. The Hall–Kier alpha value is -1.00. The van der Waals surface area contributed by atoms with E-state index in [1.54, 1.807) is 0 Å². The molecule has 1 aromatic rings. The molecular formula is C14H20N2OS. The van der Waals surface area contributed by atoms with Crippen molar-refractivity contribution >= 4 is 23.4 Å². The number of piperidine rings is 1. The Morgan fingerprint density at radius 2 is 2.17 bits per heavy atom. The molecule has 2 N–H and O–H groups in total. The van der Waals surface area contributed by atoms with Crippen molar-refractivity contribution in [3.63, 3.8) is 0 Å². The highest BCUT2D eigenvalue weighted by Crippen LogP contribution is 2.23. The van der Waals surface area contributed by atoms with E-state index in [0.29, 0.717) is 6.04 Å². The molecule has 0 bridgehead atoms. The Morgan fingerprint density at radius 3 is 2.78 bits per heavy atom. The number of thioether (sulfide) groups is 1. The van der Waals surface area contributed by atoms with Gasteiger partial charge in [0.05, 0.1) is 0 Å².